The van der Waals surface area contributed by atoms with Gasteiger partial charge in [-0.2, -0.15) is 0 Å². The lowest BCUT2D eigenvalue weighted by atomic mass is 9.70. The Hall–Kier alpha value is -2.73. The molecule has 0 bridgehead atoms. The van der Waals surface area contributed by atoms with E-state index in [1.165, 1.54) is 37.5 Å². The number of rotatable bonds is 6. The monoisotopic (exact) mass is 510 g/mol. The molecule has 1 N–H and O–H groups in total. The number of hydrogen-bond acceptors (Lipinski definition) is 5. The van der Waals surface area contributed by atoms with Gasteiger partial charge in [-0.05, 0) is 79.0 Å². The van der Waals surface area contributed by atoms with Gasteiger partial charge in [0.15, 0.2) is 0 Å². The Kier molecular flexibility index (Phi) is 7.16. The molecule has 0 saturated heterocycles. The van der Waals surface area contributed by atoms with Crippen molar-refractivity contribution in [3.05, 3.63) is 58.1 Å². The molecule has 3 aliphatic rings. The molecule has 7 heteroatoms. The van der Waals surface area contributed by atoms with E-state index < -0.39 is 11.9 Å². The quantitative estimate of drug-likeness (QED) is 0.553. The van der Waals surface area contributed by atoms with E-state index in [4.69, 9.17) is 21.1 Å². The molecule has 192 valence electrons. The predicted octanol–water partition coefficient (Wildman–Crippen LogP) is 5.01. The topological polar surface area (TPSA) is 67.9 Å². The molecule has 1 spiro atoms. The van der Waals surface area contributed by atoms with Crippen LogP contribution >= 0.6 is 11.6 Å². The summed E-state index contributed by atoms with van der Waals surface area (Å²) in [7, 11) is 2.95. The average Bonchev–Trinajstić information content (AvgIpc) is 3.01. The van der Waals surface area contributed by atoms with E-state index in [1.807, 2.05) is 24.3 Å². The molecule has 6 nitrogen and oxygen atoms in total. The van der Waals surface area contributed by atoms with E-state index >= 15 is 0 Å². The van der Waals surface area contributed by atoms with Gasteiger partial charge in [0.2, 0.25) is 5.91 Å². The van der Waals surface area contributed by atoms with Crippen LogP contribution in [-0.4, -0.2) is 45.7 Å². The summed E-state index contributed by atoms with van der Waals surface area (Å²) in [5, 5.41) is 3.41. The minimum Gasteiger partial charge on any atom is -0.490 e. The zero-order valence-electron chi connectivity index (χ0n) is 21.1. The number of carbonyl (C=O) groups excluding carboxylic acids is 2. The summed E-state index contributed by atoms with van der Waals surface area (Å²) in [6.07, 6.45) is 7.02. The van der Waals surface area contributed by atoms with Crippen LogP contribution in [0.1, 0.15) is 61.1 Å². The van der Waals surface area contributed by atoms with Crippen LogP contribution in [0.4, 0.5) is 5.69 Å². The first kappa shape index (κ1) is 24.9. The third-order valence-electron chi connectivity index (χ3n) is 8.32. The highest BCUT2D eigenvalue weighted by molar-refractivity contribution is 6.30. The summed E-state index contributed by atoms with van der Waals surface area (Å²) in [6.45, 7) is 2.42. The number of ether oxygens (including phenoxy) is 2. The number of benzene rings is 2. The van der Waals surface area contributed by atoms with Crippen molar-refractivity contribution < 1.29 is 19.1 Å². The zero-order chi connectivity index (χ0) is 25.3. The third kappa shape index (κ3) is 4.80. The molecule has 1 fully saturated rings. The molecule has 2 aromatic carbocycles. The molecule has 5 rings (SSSR count). The molecule has 2 aromatic rings. The normalized spacial score (nSPS) is 21.9. The molecule has 0 radical (unpaired) electrons. The summed E-state index contributed by atoms with van der Waals surface area (Å²) in [5.74, 6) is 0.222. The van der Waals surface area contributed by atoms with Gasteiger partial charge in [0.05, 0.1) is 25.3 Å². The maximum absolute atomic E-state index is 12.7. The van der Waals surface area contributed by atoms with Crippen LogP contribution in [0.3, 0.4) is 0 Å². The lowest BCUT2D eigenvalue weighted by Gasteiger charge is -2.42. The maximum atomic E-state index is 12.7. The van der Waals surface area contributed by atoms with Gasteiger partial charge in [0.1, 0.15) is 5.75 Å². The number of esters is 1. The molecule has 2 atom stereocenters. The zero-order valence-corrected chi connectivity index (χ0v) is 21.9. The van der Waals surface area contributed by atoms with Crippen molar-refractivity contribution >= 4 is 29.2 Å². The van der Waals surface area contributed by atoms with E-state index in [-0.39, 0.29) is 17.7 Å². The van der Waals surface area contributed by atoms with Gasteiger partial charge in [-0.15, -0.1) is 0 Å². The molecular weight excluding hydrogens is 476 g/mol. The third-order valence-corrected chi connectivity index (χ3v) is 8.56. The van der Waals surface area contributed by atoms with E-state index in [0.29, 0.717) is 12.5 Å². The summed E-state index contributed by atoms with van der Waals surface area (Å²) in [4.78, 5) is 27.3. The number of anilines is 1. The van der Waals surface area contributed by atoms with Gasteiger partial charge in [-0.25, -0.2) is 0 Å². The van der Waals surface area contributed by atoms with Gasteiger partial charge in [-0.3, -0.25) is 9.59 Å². The largest absolute Gasteiger partial charge is 0.490 e. The van der Waals surface area contributed by atoms with E-state index in [2.05, 4.69) is 22.3 Å². The number of nitrogens with zero attached hydrogens (tertiary/aromatic N) is 1. The van der Waals surface area contributed by atoms with Gasteiger partial charge in [0, 0.05) is 37.0 Å². The van der Waals surface area contributed by atoms with Crippen molar-refractivity contribution in [3.63, 3.8) is 0 Å². The molecule has 0 aromatic heterocycles. The van der Waals surface area contributed by atoms with Gasteiger partial charge >= 0.3 is 5.97 Å². The second kappa shape index (κ2) is 10.3. The first-order chi connectivity index (χ1) is 17.4. The first-order valence-electron chi connectivity index (χ1n) is 13.0. The Morgan fingerprint density at radius 2 is 2.06 bits per heavy atom. The number of carbonyl (C=O) groups is 2. The highest BCUT2D eigenvalue weighted by Crippen LogP contribution is 2.46. The number of halogens is 1. The average molecular weight is 511 g/mol. The van der Waals surface area contributed by atoms with Crippen LogP contribution in [0.5, 0.6) is 5.75 Å². The fraction of sp³-hybridized carbons (Fsp3) is 0.517. The van der Waals surface area contributed by atoms with E-state index in [1.54, 1.807) is 7.05 Å². The Bertz CT molecular complexity index is 1150. The Balaban J connectivity index is 1.54. The highest BCUT2D eigenvalue weighted by atomic mass is 35.5. The number of amides is 1. The van der Waals surface area contributed by atoms with Crippen molar-refractivity contribution in [1.82, 2.24) is 5.32 Å². The standard InChI is InChI=1S/C29H35ClN2O4/c1-31-27(33)15-23(28(34)35-2)20-8-11-26-25(14-20)32(16-19-5-3-6-19)17-29(18-36-26)12-4-7-21-13-22(30)9-10-24(21)29/h8-11,13-14,19,23H,3-7,12,15-18H2,1-2H3,(H,31,33)/t23-,29-/m0/s1. The lowest BCUT2D eigenvalue weighted by Crippen LogP contribution is -2.47. The van der Waals surface area contributed by atoms with Crippen LogP contribution in [-0.2, 0) is 26.2 Å². The molecule has 0 unspecified atom stereocenters. The SMILES string of the molecule is CNC(=O)C[C@H](C(=O)OC)c1ccc2c(c1)N(CC1CCC1)C[C@@]1(CCCc3cc(Cl)ccc31)CO2. The number of fused-ring (bicyclic) bond motifs is 3. The van der Waals surface area contributed by atoms with Gasteiger partial charge in [-0.1, -0.05) is 30.2 Å². The number of hydrogen-bond donors (Lipinski definition) is 1. The molecule has 1 saturated carbocycles. The van der Waals surface area contributed by atoms with Crippen molar-refractivity contribution in [3.8, 4) is 5.75 Å². The second-order valence-corrected chi connectivity index (χ2v) is 11.0. The summed E-state index contributed by atoms with van der Waals surface area (Å²) < 4.78 is 11.6. The second-order valence-electron chi connectivity index (χ2n) is 10.6. The van der Waals surface area contributed by atoms with Crippen LogP contribution < -0.4 is 15.0 Å². The summed E-state index contributed by atoms with van der Waals surface area (Å²) in [5.41, 5.74) is 4.33. The molecule has 1 aliphatic heterocycles. The Labute approximate surface area is 218 Å². The Morgan fingerprint density at radius 1 is 1.22 bits per heavy atom. The van der Waals surface area contributed by atoms with Gasteiger partial charge in [0.25, 0.3) is 0 Å². The smallest absolute Gasteiger partial charge is 0.313 e. The van der Waals surface area contributed by atoms with Crippen LogP contribution in [0, 0.1) is 5.92 Å². The summed E-state index contributed by atoms with van der Waals surface area (Å²) in [6, 6.07) is 12.2. The van der Waals surface area contributed by atoms with Crippen molar-refractivity contribution in [2.45, 2.75) is 56.3 Å². The number of methoxy groups -OCH3 is 1. The van der Waals surface area contributed by atoms with Crippen molar-refractivity contribution in [1.29, 1.82) is 0 Å². The fourth-order valence-electron chi connectivity index (χ4n) is 6.10. The molecular formula is C29H35ClN2O4. The highest BCUT2D eigenvalue weighted by Gasteiger charge is 2.42. The molecule has 1 amide bonds. The lowest BCUT2D eigenvalue weighted by molar-refractivity contribution is -0.144. The maximum Gasteiger partial charge on any atom is 0.313 e. The van der Waals surface area contributed by atoms with Gasteiger partial charge < -0.3 is 19.7 Å². The Morgan fingerprint density at radius 3 is 2.78 bits per heavy atom. The molecule has 1 heterocycles. The van der Waals surface area contributed by atoms with Crippen molar-refractivity contribution in [2.24, 2.45) is 5.92 Å². The van der Waals surface area contributed by atoms with E-state index in [9.17, 15) is 9.59 Å². The first-order valence-corrected chi connectivity index (χ1v) is 13.4. The number of aryl methyl sites for hydroxylation is 1. The van der Waals surface area contributed by atoms with Crippen LogP contribution in [0.25, 0.3) is 0 Å². The number of nitrogens with one attached hydrogen (secondary N) is 1. The minimum atomic E-state index is -0.666. The van der Waals surface area contributed by atoms with E-state index in [0.717, 1.165) is 54.4 Å². The molecule has 36 heavy (non-hydrogen) atoms. The minimum absolute atomic E-state index is 0.0452. The fourth-order valence-corrected chi connectivity index (χ4v) is 6.30. The molecule has 2 aliphatic carbocycles. The summed E-state index contributed by atoms with van der Waals surface area (Å²) >= 11 is 6.36. The van der Waals surface area contributed by atoms with Crippen LogP contribution in [0.15, 0.2) is 36.4 Å². The van der Waals surface area contributed by atoms with Crippen molar-refractivity contribution in [2.75, 3.05) is 38.8 Å². The predicted molar refractivity (Wildman–Crippen MR) is 141 cm³/mol. The van der Waals surface area contributed by atoms with Crippen LogP contribution in [0.2, 0.25) is 5.02 Å².